The van der Waals surface area contributed by atoms with Gasteiger partial charge >= 0.3 is 0 Å². The summed E-state index contributed by atoms with van der Waals surface area (Å²) < 4.78 is 10.8. The van der Waals surface area contributed by atoms with Gasteiger partial charge in [0.15, 0.2) is 6.61 Å². The van der Waals surface area contributed by atoms with Gasteiger partial charge in [0, 0.05) is 38.3 Å². The lowest BCUT2D eigenvalue weighted by Gasteiger charge is -2.26. The minimum absolute atomic E-state index is 0.0528. The van der Waals surface area contributed by atoms with Crippen LogP contribution in [0.2, 0.25) is 0 Å². The van der Waals surface area contributed by atoms with E-state index in [-0.39, 0.29) is 36.8 Å². The molecule has 1 aliphatic heterocycles. The van der Waals surface area contributed by atoms with E-state index in [2.05, 4.69) is 20.9 Å². The molecule has 1 fully saturated rings. The van der Waals surface area contributed by atoms with Crippen LogP contribution in [0.3, 0.4) is 0 Å². The second-order valence-electron chi connectivity index (χ2n) is 9.06. The quantitative estimate of drug-likeness (QED) is 0.416. The van der Waals surface area contributed by atoms with Crippen molar-refractivity contribution in [1.29, 1.82) is 0 Å². The maximum absolute atomic E-state index is 12.8. The summed E-state index contributed by atoms with van der Waals surface area (Å²) in [6.07, 6.45) is 0.407. The molecule has 1 saturated heterocycles. The van der Waals surface area contributed by atoms with Gasteiger partial charge in [-0.1, -0.05) is 44.2 Å². The molecule has 1 heterocycles. The largest absolute Gasteiger partial charge is 0.484 e. The summed E-state index contributed by atoms with van der Waals surface area (Å²) in [7, 11) is 0. The number of rotatable bonds is 12. The number of morpholine rings is 1. The zero-order valence-corrected chi connectivity index (χ0v) is 21.0. The van der Waals surface area contributed by atoms with E-state index in [0.717, 1.165) is 18.7 Å². The number of nitrogens with one attached hydrogen (secondary N) is 3. The Balaban J connectivity index is 1.44. The molecule has 0 aliphatic carbocycles. The Labute approximate surface area is 212 Å². The Bertz CT molecular complexity index is 993. The summed E-state index contributed by atoms with van der Waals surface area (Å²) in [4.78, 5) is 39.7. The fourth-order valence-electron chi connectivity index (χ4n) is 3.78. The topological polar surface area (TPSA) is 109 Å². The Hall–Kier alpha value is -3.43. The van der Waals surface area contributed by atoms with Crippen molar-refractivity contribution < 1.29 is 23.9 Å². The maximum atomic E-state index is 12.8. The number of nitrogens with zero attached hydrogens (tertiary/aromatic N) is 1. The lowest BCUT2D eigenvalue weighted by atomic mass is 10.0. The molecule has 1 aliphatic rings. The fourth-order valence-corrected chi connectivity index (χ4v) is 3.78. The molecule has 3 amide bonds. The second kappa shape index (κ2) is 14.2. The molecule has 3 N–H and O–H groups in total. The Kier molecular flexibility index (Phi) is 10.7. The summed E-state index contributed by atoms with van der Waals surface area (Å²) in [6.45, 7) is 7.65. The monoisotopic (exact) mass is 496 g/mol. The third kappa shape index (κ3) is 9.31. The highest BCUT2D eigenvalue weighted by Gasteiger charge is 2.24. The predicted molar refractivity (Wildman–Crippen MR) is 138 cm³/mol. The van der Waals surface area contributed by atoms with Crippen LogP contribution in [0.1, 0.15) is 25.8 Å². The highest BCUT2D eigenvalue weighted by atomic mass is 16.5. The molecule has 9 heteroatoms. The Morgan fingerprint density at radius 2 is 1.75 bits per heavy atom. The summed E-state index contributed by atoms with van der Waals surface area (Å²) in [5, 5.41) is 8.56. The van der Waals surface area contributed by atoms with E-state index >= 15 is 0 Å². The first-order valence-electron chi connectivity index (χ1n) is 12.3. The van der Waals surface area contributed by atoms with E-state index < -0.39 is 6.04 Å². The molecule has 0 radical (unpaired) electrons. The lowest BCUT2D eigenvalue weighted by Crippen LogP contribution is -2.50. The van der Waals surface area contributed by atoms with E-state index in [1.807, 2.05) is 56.3 Å². The van der Waals surface area contributed by atoms with Crippen molar-refractivity contribution in [3.63, 3.8) is 0 Å². The average Bonchev–Trinajstić information content (AvgIpc) is 2.89. The van der Waals surface area contributed by atoms with Gasteiger partial charge in [-0.2, -0.15) is 0 Å². The molecule has 3 rings (SSSR count). The lowest BCUT2D eigenvalue weighted by molar-refractivity contribution is -0.131. The van der Waals surface area contributed by atoms with Gasteiger partial charge in [-0.15, -0.1) is 0 Å². The van der Waals surface area contributed by atoms with Crippen LogP contribution in [0.4, 0.5) is 5.69 Å². The SMILES string of the molecule is CC(C)C(NC(=O)COc1ccccc1)C(=O)NCc1cccc(NC(=O)CCN2CCOCC2)c1. The van der Waals surface area contributed by atoms with E-state index in [1.54, 1.807) is 12.1 Å². The van der Waals surface area contributed by atoms with Crippen molar-refractivity contribution >= 4 is 23.4 Å². The van der Waals surface area contributed by atoms with Gasteiger partial charge in [-0.3, -0.25) is 19.3 Å². The minimum atomic E-state index is -0.694. The van der Waals surface area contributed by atoms with Crippen LogP contribution < -0.4 is 20.7 Å². The van der Waals surface area contributed by atoms with Crippen LogP contribution in [0.5, 0.6) is 5.75 Å². The van der Waals surface area contributed by atoms with Gasteiger partial charge in [-0.05, 0) is 35.7 Å². The summed E-state index contributed by atoms with van der Waals surface area (Å²) in [5.74, 6) is -0.218. The third-order valence-electron chi connectivity index (χ3n) is 5.82. The van der Waals surface area contributed by atoms with Crippen molar-refractivity contribution in [3.8, 4) is 5.75 Å². The number of para-hydroxylation sites is 1. The molecule has 36 heavy (non-hydrogen) atoms. The van der Waals surface area contributed by atoms with Crippen molar-refractivity contribution in [2.24, 2.45) is 5.92 Å². The first-order valence-corrected chi connectivity index (χ1v) is 12.3. The molecule has 194 valence electrons. The van der Waals surface area contributed by atoms with Gasteiger partial charge in [-0.25, -0.2) is 0 Å². The molecule has 0 bridgehead atoms. The number of benzene rings is 2. The number of anilines is 1. The zero-order valence-electron chi connectivity index (χ0n) is 21.0. The van der Waals surface area contributed by atoms with E-state index in [9.17, 15) is 14.4 Å². The number of carbonyl (C=O) groups excluding carboxylic acids is 3. The van der Waals surface area contributed by atoms with Crippen molar-refractivity contribution in [2.75, 3.05) is 44.8 Å². The van der Waals surface area contributed by atoms with E-state index in [1.165, 1.54) is 0 Å². The number of hydrogen-bond acceptors (Lipinski definition) is 6. The van der Waals surface area contributed by atoms with Crippen molar-refractivity contribution in [1.82, 2.24) is 15.5 Å². The summed E-state index contributed by atoms with van der Waals surface area (Å²) >= 11 is 0. The first-order chi connectivity index (χ1) is 17.4. The van der Waals surface area contributed by atoms with Crippen LogP contribution in [-0.2, 0) is 25.7 Å². The third-order valence-corrected chi connectivity index (χ3v) is 5.82. The van der Waals surface area contributed by atoms with Gasteiger partial charge in [0.25, 0.3) is 5.91 Å². The molecule has 0 saturated carbocycles. The van der Waals surface area contributed by atoms with Gasteiger partial charge < -0.3 is 25.4 Å². The number of carbonyl (C=O) groups is 3. The highest BCUT2D eigenvalue weighted by Crippen LogP contribution is 2.12. The Morgan fingerprint density at radius 3 is 2.47 bits per heavy atom. The fraction of sp³-hybridized carbons (Fsp3) is 0.444. The highest BCUT2D eigenvalue weighted by molar-refractivity contribution is 5.91. The molecule has 2 aromatic carbocycles. The molecule has 1 unspecified atom stereocenters. The van der Waals surface area contributed by atoms with Gasteiger partial charge in [0.05, 0.1) is 13.2 Å². The zero-order chi connectivity index (χ0) is 25.8. The van der Waals surface area contributed by atoms with Crippen molar-refractivity contribution in [3.05, 3.63) is 60.2 Å². The minimum Gasteiger partial charge on any atom is -0.484 e. The smallest absolute Gasteiger partial charge is 0.258 e. The van der Waals surface area contributed by atoms with Crippen LogP contribution >= 0.6 is 0 Å². The molecule has 9 nitrogen and oxygen atoms in total. The molecular weight excluding hydrogens is 460 g/mol. The van der Waals surface area contributed by atoms with Crippen LogP contribution in [0.15, 0.2) is 54.6 Å². The van der Waals surface area contributed by atoms with Gasteiger partial charge in [0.2, 0.25) is 11.8 Å². The average molecular weight is 497 g/mol. The predicted octanol–water partition coefficient (Wildman–Crippen LogP) is 2.18. The number of hydrogen-bond donors (Lipinski definition) is 3. The van der Waals surface area contributed by atoms with E-state index in [0.29, 0.717) is 37.6 Å². The molecule has 0 spiro atoms. The van der Waals surface area contributed by atoms with Crippen LogP contribution in [-0.4, -0.2) is 68.1 Å². The molecule has 0 aromatic heterocycles. The van der Waals surface area contributed by atoms with Gasteiger partial charge in [0.1, 0.15) is 11.8 Å². The number of amides is 3. The first kappa shape index (κ1) is 27.2. The van der Waals surface area contributed by atoms with Crippen LogP contribution in [0.25, 0.3) is 0 Å². The summed E-state index contributed by atoms with van der Waals surface area (Å²) in [5.41, 5.74) is 1.52. The van der Waals surface area contributed by atoms with Crippen molar-refractivity contribution in [2.45, 2.75) is 32.9 Å². The van der Waals surface area contributed by atoms with E-state index in [4.69, 9.17) is 9.47 Å². The normalized spacial score (nSPS) is 14.6. The Morgan fingerprint density at radius 1 is 1.00 bits per heavy atom. The number of ether oxygens (including phenoxy) is 2. The van der Waals surface area contributed by atoms with Crippen LogP contribution in [0, 0.1) is 5.92 Å². The molecular formula is C27H36N4O5. The molecule has 1 atom stereocenters. The maximum Gasteiger partial charge on any atom is 0.258 e. The second-order valence-corrected chi connectivity index (χ2v) is 9.06. The molecule has 2 aromatic rings. The summed E-state index contributed by atoms with van der Waals surface area (Å²) in [6, 6.07) is 15.7. The standard InChI is InChI=1S/C27H36N4O5/c1-20(2)26(30-25(33)19-36-23-9-4-3-5-10-23)27(34)28-18-21-7-6-8-22(17-21)29-24(32)11-12-31-13-15-35-16-14-31/h3-10,17,20,26H,11-16,18-19H2,1-2H3,(H,28,34)(H,29,32)(H,30,33).